The Kier molecular flexibility index (Phi) is 4.34. The Hall–Kier alpha value is -2.31. The van der Waals surface area contributed by atoms with Crippen molar-refractivity contribution in [1.29, 1.82) is 0 Å². The molecule has 128 valence electrons. The van der Waals surface area contributed by atoms with Gasteiger partial charge in [-0.3, -0.25) is 4.79 Å². The van der Waals surface area contributed by atoms with Crippen LogP contribution in [0.4, 0.5) is 13.2 Å². The third-order valence-corrected chi connectivity index (χ3v) is 4.11. The Balaban J connectivity index is 1.94. The quantitative estimate of drug-likeness (QED) is 0.836. The number of halogens is 3. The molecule has 0 atom stereocenters. The number of carbonyl (C=O) groups is 1. The number of hydrogen-bond donors (Lipinski definition) is 0. The molecule has 0 N–H and O–H groups in total. The fourth-order valence-electron chi connectivity index (χ4n) is 2.78. The van der Waals surface area contributed by atoms with Crippen LogP contribution in [0.15, 0.2) is 24.3 Å². The van der Waals surface area contributed by atoms with Crippen molar-refractivity contribution >= 4 is 5.91 Å². The van der Waals surface area contributed by atoms with Crippen LogP contribution in [0.3, 0.4) is 0 Å². The van der Waals surface area contributed by atoms with E-state index in [1.807, 2.05) is 31.2 Å². The van der Waals surface area contributed by atoms with E-state index >= 15 is 0 Å². The molecule has 0 aliphatic heterocycles. The minimum absolute atomic E-state index is 0.0388. The molecule has 1 aromatic carbocycles. The summed E-state index contributed by atoms with van der Waals surface area (Å²) in [6.45, 7) is 2.20. The second kappa shape index (κ2) is 6.30. The maximum atomic E-state index is 14.2. The highest BCUT2D eigenvalue weighted by Crippen LogP contribution is 2.32. The monoisotopic (exact) mass is 337 g/mol. The summed E-state index contributed by atoms with van der Waals surface area (Å²) in [5.74, 6) is -1.75. The van der Waals surface area contributed by atoms with E-state index in [9.17, 15) is 18.0 Å². The smallest absolute Gasteiger partial charge is 0.283 e. The third kappa shape index (κ3) is 3.16. The first kappa shape index (κ1) is 16.5. The lowest BCUT2D eigenvalue weighted by Crippen LogP contribution is -2.33. The fraction of sp³-hybridized carbons (Fsp3) is 0.412. The van der Waals surface area contributed by atoms with Gasteiger partial charge in [0.25, 0.3) is 12.3 Å². The molecule has 1 heterocycles. The van der Waals surface area contributed by atoms with Gasteiger partial charge in [-0.1, -0.05) is 29.8 Å². The van der Waals surface area contributed by atoms with Crippen LogP contribution in [0.1, 0.15) is 46.4 Å². The van der Waals surface area contributed by atoms with Gasteiger partial charge in [0, 0.05) is 19.6 Å². The lowest BCUT2D eigenvalue weighted by atomic mass is 10.1. The number of hydrogen-bond acceptors (Lipinski definition) is 2. The van der Waals surface area contributed by atoms with Crippen molar-refractivity contribution in [3.05, 3.63) is 52.6 Å². The number of aryl methyl sites for hydroxylation is 2. The maximum absolute atomic E-state index is 14.2. The highest BCUT2D eigenvalue weighted by Gasteiger charge is 2.38. The number of nitrogens with zero attached hydrogens (tertiary/aromatic N) is 3. The zero-order valence-corrected chi connectivity index (χ0v) is 13.5. The first-order valence-electron chi connectivity index (χ1n) is 7.75. The molecule has 4 nitrogen and oxygen atoms in total. The topological polar surface area (TPSA) is 38.1 Å². The third-order valence-electron chi connectivity index (χ3n) is 4.11. The molecule has 0 bridgehead atoms. The van der Waals surface area contributed by atoms with Crippen molar-refractivity contribution in [1.82, 2.24) is 14.7 Å². The molecule has 0 spiro atoms. The van der Waals surface area contributed by atoms with Crippen LogP contribution in [0.5, 0.6) is 0 Å². The Bertz CT molecular complexity index is 768. The fourth-order valence-corrected chi connectivity index (χ4v) is 2.78. The van der Waals surface area contributed by atoms with Crippen molar-refractivity contribution < 1.29 is 18.0 Å². The van der Waals surface area contributed by atoms with E-state index < -0.39 is 29.5 Å². The minimum Gasteiger partial charge on any atom is -0.331 e. The summed E-state index contributed by atoms with van der Waals surface area (Å²) in [5, 5.41) is 3.46. The molecule has 0 saturated heterocycles. The van der Waals surface area contributed by atoms with E-state index in [0.717, 1.165) is 24.0 Å². The molecule has 1 fully saturated rings. The van der Waals surface area contributed by atoms with Crippen LogP contribution in [0.2, 0.25) is 0 Å². The second-order valence-corrected chi connectivity index (χ2v) is 6.13. The average Bonchev–Trinajstić information content (AvgIpc) is 3.31. The zero-order chi connectivity index (χ0) is 17.4. The van der Waals surface area contributed by atoms with Gasteiger partial charge < -0.3 is 4.90 Å². The number of aromatic nitrogens is 2. The predicted octanol–water partition coefficient (Wildman–Crippen LogP) is 3.61. The molecule has 1 aliphatic rings. The van der Waals surface area contributed by atoms with Crippen LogP contribution in [-0.2, 0) is 13.6 Å². The molecular formula is C17H18F3N3O. The molecule has 1 aliphatic carbocycles. The Morgan fingerprint density at radius 1 is 1.42 bits per heavy atom. The van der Waals surface area contributed by atoms with E-state index in [2.05, 4.69) is 5.10 Å². The molecular weight excluding hydrogens is 319 g/mol. The second-order valence-electron chi connectivity index (χ2n) is 6.13. The summed E-state index contributed by atoms with van der Waals surface area (Å²) in [6.07, 6.45) is -1.41. The largest absolute Gasteiger partial charge is 0.331 e. The normalized spacial score (nSPS) is 14.2. The predicted molar refractivity (Wildman–Crippen MR) is 82.2 cm³/mol. The van der Waals surface area contributed by atoms with Crippen molar-refractivity contribution in [2.24, 2.45) is 7.05 Å². The van der Waals surface area contributed by atoms with Gasteiger partial charge in [0.2, 0.25) is 5.95 Å². The lowest BCUT2D eigenvalue weighted by molar-refractivity contribution is 0.0712. The van der Waals surface area contributed by atoms with E-state index in [-0.39, 0.29) is 12.6 Å². The summed E-state index contributed by atoms with van der Waals surface area (Å²) in [4.78, 5) is 14.2. The highest BCUT2D eigenvalue weighted by atomic mass is 19.3. The molecule has 1 amide bonds. The van der Waals surface area contributed by atoms with Gasteiger partial charge >= 0.3 is 0 Å². The summed E-state index contributed by atoms with van der Waals surface area (Å²) < 4.78 is 41.1. The van der Waals surface area contributed by atoms with Crippen LogP contribution >= 0.6 is 0 Å². The SMILES string of the molecule is Cc1cccc(CN(C(=O)c2c(C(F)F)nn(C)c2F)C2CC2)c1. The van der Waals surface area contributed by atoms with Gasteiger partial charge in [-0.25, -0.2) is 13.5 Å². The maximum Gasteiger partial charge on any atom is 0.283 e. The van der Waals surface area contributed by atoms with E-state index in [1.165, 1.54) is 11.9 Å². The zero-order valence-electron chi connectivity index (χ0n) is 13.5. The van der Waals surface area contributed by atoms with Gasteiger partial charge in [-0.05, 0) is 25.3 Å². The average molecular weight is 337 g/mol. The van der Waals surface area contributed by atoms with Crippen LogP contribution in [0, 0.1) is 12.9 Å². The minimum atomic E-state index is -3.00. The van der Waals surface area contributed by atoms with Crippen LogP contribution in [0.25, 0.3) is 0 Å². The molecule has 24 heavy (non-hydrogen) atoms. The summed E-state index contributed by atoms with van der Waals surface area (Å²) in [7, 11) is 1.21. The van der Waals surface area contributed by atoms with E-state index in [1.54, 1.807) is 0 Å². The Morgan fingerprint density at radius 3 is 2.71 bits per heavy atom. The van der Waals surface area contributed by atoms with Crippen molar-refractivity contribution in [2.75, 3.05) is 0 Å². The van der Waals surface area contributed by atoms with Crippen LogP contribution in [-0.4, -0.2) is 26.6 Å². The van der Waals surface area contributed by atoms with Gasteiger partial charge in [-0.15, -0.1) is 0 Å². The first-order valence-corrected chi connectivity index (χ1v) is 7.75. The van der Waals surface area contributed by atoms with Crippen molar-refractivity contribution in [3.8, 4) is 0 Å². The summed E-state index contributed by atoms with van der Waals surface area (Å²) in [6, 6.07) is 7.56. The molecule has 3 rings (SSSR count). The Morgan fingerprint density at radius 2 is 2.12 bits per heavy atom. The van der Waals surface area contributed by atoms with Gasteiger partial charge in [0.1, 0.15) is 11.3 Å². The van der Waals surface area contributed by atoms with E-state index in [4.69, 9.17) is 0 Å². The standard InChI is InChI=1S/C17H18F3N3O/c1-10-4-3-5-11(8-10)9-23(12-6-7-12)17(24)13-14(15(18)19)21-22(2)16(13)20/h3-5,8,12,15H,6-7,9H2,1-2H3. The van der Waals surface area contributed by atoms with E-state index in [0.29, 0.717) is 4.68 Å². The van der Waals surface area contributed by atoms with Crippen molar-refractivity contribution in [2.45, 2.75) is 38.8 Å². The number of amides is 1. The number of carbonyl (C=O) groups excluding carboxylic acids is 1. The Labute approximate surface area is 137 Å². The van der Waals surface area contributed by atoms with Crippen molar-refractivity contribution in [3.63, 3.8) is 0 Å². The van der Waals surface area contributed by atoms with Gasteiger partial charge in [-0.2, -0.15) is 9.49 Å². The van der Waals surface area contributed by atoms with Gasteiger partial charge in [0.15, 0.2) is 0 Å². The lowest BCUT2D eigenvalue weighted by Gasteiger charge is -2.22. The molecule has 2 aromatic rings. The number of rotatable bonds is 5. The molecule has 1 saturated carbocycles. The molecule has 0 unspecified atom stereocenters. The number of alkyl halides is 2. The van der Waals surface area contributed by atoms with Gasteiger partial charge in [0.05, 0.1) is 0 Å². The highest BCUT2D eigenvalue weighted by molar-refractivity contribution is 5.96. The molecule has 0 radical (unpaired) electrons. The molecule has 7 heteroatoms. The summed E-state index contributed by atoms with van der Waals surface area (Å²) in [5.41, 5.74) is 0.511. The summed E-state index contributed by atoms with van der Waals surface area (Å²) >= 11 is 0. The van der Waals surface area contributed by atoms with Crippen LogP contribution < -0.4 is 0 Å². The first-order chi connectivity index (χ1) is 11.4. The molecule has 1 aromatic heterocycles. The number of benzene rings is 1.